The Bertz CT molecular complexity index is 455. The summed E-state index contributed by atoms with van der Waals surface area (Å²) < 4.78 is 11.1. The maximum Gasteiger partial charge on any atom is 0.321 e. The number of amides is 2. The molecule has 5 heteroatoms. The van der Waals surface area contributed by atoms with Crippen molar-refractivity contribution in [2.75, 3.05) is 25.6 Å². The van der Waals surface area contributed by atoms with Crippen molar-refractivity contribution in [3.8, 4) is 5.75 Å². The molecule has 0 aromatic heterocycles. The molecule has 116 valence electrons. The average molecular weight is 292 g/mol. The fourth-order valence-electron chi connectivity index (χ4n) is 2.10. The summed E-state index contributed by atoms with van der Waals surface area (Å²) in [5, 5.41) is 2.88. The van der Waals surface area contributed by atoms with Gasteiger partial charge >= 0.3 is 6.03 Å². The van der Waals surface area contributed by atoms with Crippen molar-refractivity contribution >= 4 is 11.7 Å². The van der Waals surface area contributed by atoms with Gasteiger partial charge in [0.15, 0.2) is 0 Å². The van der Waals surface area contributed by atoms with Crippen LogP contribution in [0.25, 0.3) is 0 Å². The lowest BCUT2D eigenvalue weighted by Gasteiger charge is -2.24. The Hall–Kier alpha value is -1.75. The van der Waals surface area contributed by atoms with Crippen LogP contribution in [0.4, 0.5) is 10.5 Å². The van der Waals surface area contributed by atoms with Crippen LogP contribution in [0, 0.1) is 0 Å². The maximum absolute atomic E-state index is 12.0. The zero-order valence-electron chi connectivity index (χ0n) is 13.0. The number of nitrogens with zero attached hydrogens (tertiary/aromatic N) is 1. The van der Waals surface area contributed by atoms with E-state index in [4.69, 9.17) is 9.47 Å². The number of hydrogen-bond donors (Lipinski definition) is 1. The second-order valence-corrected chi connectivity index (χ2v) is 5.43. The smallest absolute Gasteiger partial charge is 0.321 e. The number of ether oxygens (including phenoxy) is 2. The first-order chi connectivity index (χ1) is 10.1. The van der Waals surface area contributed by atoms with Crippen molar-refractivity contribution in [2.45, 2.75) is 38.8 Å². The fourth-order valence-corrected chi connectivity index (χ4v) is 2.10. The minimum atomic E-state index is -0.0952. The van der Waals surface area contributed by atoms with E-state index in [0.29, 0.717) is 6.61 Å². The predicted molar refractivity (Wildman–Crippen MR) is 82.8 cm³/mol. The first-order valence-electron chi connectivity index (χ1n) is 7.48. The van der Waals surface area contributed by atoms with Gasteiger partial charge in [-0.2, -0.15) is 0 Å². The van der Waals surface area contributed by atoms with Crippen molar-refractivity contribution < 1.29 is 14.3 Å². The molecule has 2 atom stereocenters. The molecule has 0 saturated carbocycles. The number of anilines is 1. The van der Waals surface area contributed by atoms with Crippen LogP contribution < -0.4 is 10.1 Å². The average Bonchev–Trinajstić information content (AvgIpc) is 3.00. The molecule has 5 nitrogen and oxygen atoms in total. The molecule has 0 unspecified atom stereocenters. The number of rotatable bonds is 5. The summed E-state index contributed by atoms with van der Waals surface area (Å²) in [5.41, 5.74) is 0.769. The molecule has 1 aliphatic rings. The summed E-state index contributed by atoms with van der Waals surface area (Å²) in [6.45, 7) is 5.51. The van der Waals surface area contributed by atoms with E-state index in [-0.39, 0.29) is 18.2 Å². The molecule has 0 aliphatic carbocycles. The van der Waals surface area contributed by atoms with Gasteiger partial charge < -0.3 is 19.7 Å². The number of hydrogen-bond acceptors (Lipinski definition) is 3. The van der Waals surface area contributed by atoms with Crippen molar-refractivity contribution in [1.29, 1.82) is 0 Å². The number of carbonyl (C=O) groups is 1. The summed E-state index contributed by atoms with van der Waals surface area (Å²) >= 11 is 0. The first kappa shape index (κ1) is 15.6. The highest BCUT2D eigenvalue weighted by atomic mass is 16.5. The predicted octanol–water partition coefficient (Wildman–Crippen LogP) is 3.12. The highest BCUT2D eigenvalue weighted by molar-refractivity contribution is 5.89. The van der Waals surface area contributed by atoms with Gasteiger partial charge in [-0.1, -0.05) is 6.92 Å². The molecule has 1 aromatic rings. The van der Waals surface area contributed by atoms with Gasteiger partial charge in [-0.05, 0) is 37.6 Å². The molecular weight excluding hydrogens is 268 g/mol. The second kappa shape index (κ2) is 7.31. The van der Waals surface area contributed by atoms with Gasteiger partial charge in [0.25, 0.3) is 0 Å². The summed E-state index contributed by atoms with van der Waals surface area (Å²) in [7, 11) is 1.81. The number of urea groups is 1. The van der Waals surface area contributed by atoms with Crippen molar-refractivity contribution in [3.63, 3.8) is 0 Å². The van der Waals surface area contributed by atoms with E-state index in [1.807, 2.05) is 31.2 Å². The third kappa shape index (κ3) is 4.36. The highest BCUT2D eigenvalue weighted by Crippen LogP contribution is 2.20. The van der Waals surface area contributed by atoms with E-state index < -0.39 is 0 Å². The van der Waals surface area contributed by atoms with E-state index in [0.717, 1.165) is 30.9 Å². The molecule has 0 bridgehead atoms. The zero-order valence-corrected chi connectivity index (χ0v) is 13.0. The zero-order chi connectivity index (χ0) is 15.2. The lowest BCUT2D eigenvalue weighted by Crippen LogP contribution is -2.37. The van der Waals surface area contributed by atoms with Crippen molar-refractivity contribution in [3.05, 3.63) is 24.3 Å². The molecule has 1 saturated heterocycles. The molecule has 1 heterocycles. The normalized spacial score (nSPS) is 19.1. The third-order valence-electron chi connectivity index (χ3n) is 3.87. The van der Waals surface area contributed by atoms with E-state index in [2.05, 4.69) is 12.2 Å². The SMILES string of the molecule is CC[C@@H](C)N(C)C(=O)Nc1ccc(O[C@H]2CCOC2)cc1. The minimum Gasteiger partial charge on any atom is -0.488 e. The lowest BCUT2D eigenvalue weighted by atomic mass is 10.2. The Kier molecular flexibility index (Phi) is 5.44. The van der Waals surface area contributed by atoms with Crippen molar-refractivity contribution in [1.82, 2.24) is 4.90 Å². The van der Waals surface area contributed by atoms with E-state index >= 15 is 0 Å². The first-order valence-corrected chi connectivity index (χ1v) is 7.48. The van der Waals surface area contributed by atoms with E-state index in [1.54, 1.807) is 11.9 Å². The third-order valence-corrected chi connectivity index (χ3v) is 3.87. The highest BCUT2D eigenvalue weighted by Gasteiger charge is 2.17. The maximum atomic E-state index is 12.0. The summed E-state index contributed by atoms with van der Waals surface area (Å²) in [4.78, 5) is 13.8. The van der Waals surface area contributed by atoms with Gasteiger partial charge in [0, 0.05) is 25.2 Å². The van der Waals surface area contributed by atoms with Gasteiger partial charge in [-0.3, -0.25) is 0 Å². The Labute approximate surface area is 126 Å². The van der Waals surface area contributed by atoms with Gasteiger partial charge in [-0.15, -0.1) is 0 Å². The molecule has 2 rings (SSSR count). The molecule has 1 aromatic carbocycles. The van der Waals surface area contributed by atoms with Crippen LogP contribution in [0.15, 0.2) is 24.3 Å². The second-order valence-electron chi connectivity index (χ2n) is 5.43. The molecule has 1 aliphatic heterocycles. The van der Waals surface area contributed by atoms with Crippen LogP contribution in [-0.2, 0) is 4.74 Å². The van der Waals surface area contributed by atoms with Crippen LogP contribution >= 0.6 is 0 Å². The van der Waals surface area contributed by atoms with Crippen LogP contribution in [0.5, 0.6) is 5.75 Å². The standard InChI is InChI=1S/C16H24N2O3/c1-4-12(2)18(3)16(19)17-13-5-7-14(8-6-13)21-15-9-10-20-11-15/h5-8,12,15H,4,9-11H2,1-3H3,(H,17,19)/t12-,15+/m1/s1. The fraction of sp³-hybridized carbons (Fsp3) is 0.562. The van der Waals surface area contributed by atoms with E-state index in [9.17, 15) is 4.79 Å². The number of benzene rings is 1. The number of carbonyl (C=O) groups excluding carboxylic acids is 1. The Balaban J connectivity index is 1.88. The van der Waals surface area contributed by atoms with Crippen LogP contribution in [0.1, 0.15) is 26.7 Å². The molecule has 0 radical (unpaired) electrons. The van der Waals surface area contributed by atoms with Gasteiger partial charge in [0.05, 0.1) is 13.2 Å². The largest absolute Gasteiger partial charge is 0.488 e. The van der Waals surface area contributed by atoms with Gasteiger partial charge in [0.2, 0.25) is 0 Å². The van der Waals surface area contributed by atoms with E-state index in [1.165, 1.54) is 0 Å². The van der Waals surface area contributed by atoms with Gasteiger partial charge in [-0.25, -0.2) is 4.79 Å². The monoisotopic (exact) mass is 292 g/mol. The topological polar surface area (TPSA) is 50.8 Å². The molecular formula is C16H24N2O3. The molecule has 0 spiro atoms. The Morgan fingerprint density at radius 1 is 1.48 bits per heavy atom. The summed E-state index contributed by atoms with van der Waals surface area (Å²) in [6.07, 6.45) is 2.00. The summed E-state index contributed by atoms with van der Waals surface area (Å²) in [6, 6.07) is 7.58. The number of nitrogens with one attached hydrogen (secondary N) is 1. The quantitative estimate of drug-likeness (QED) is 0.907. The van der Waals surface area contributed by atoms with Gasteiger partial charge in [0.1, 0.15) is 11.9 Å². The molecule has 2 amide bonds. The van der Waals surface area contributed by atoms with Crippen LogP contribution in [0.3, 0.4) is 0 Å². The van der Waals surface area contributed by atoms with Crippen molar-refractivity contribution in [2.24, 2.45) is 0 Å². The minimum absolute atomic E-state index is 0.0952. The Morgan fingerprint density at radius 3 is 2.76 bits per heavy atom. The summed E-state index contributed by atoms with van der Waals surface area (Å²) in [5.74, 6) is 0.804. The molecule has 1 fully saturated rings. The lowest BCUT2D eigenvalue weighted by molar-refractivity contribution is 0.141. The molecule has 21 heavy (non-hydrogen) atoms. The molecule has 1 N–H and O–H groups in total. The van der Waals surface area contributed by atoms with Crippen LogP contribution in [0.2, 0.25) is 0 Å². The van der Waals surface area contributed by atoms with Crippen LogP contribution in [-0.4, -0.2) is 43.3 Å². The Morgan fingerprint density at radius 2 is 2.19 bits per heavy atom.